The van der Waals surface area contributed by atoms with Gasteiger partial charge in [-0.2, -0.15) is 4.31 Å². The first-order valence-electron chi connectivity index (χ1n) is 5.00. The molecular weight excluding hydrogens is 308 g/mol. The van der Waals surface area contributed by atoms with E-state index in [2.05, 4.69) is 32.8 Å². The van der Waals surface area contributed by atoms with E-state index < -0.39 is 10.0 Å². The van der Waals surface area contributed by atoms with E-state index in [0.717, 1.165) is 5.57 Å². The molecule has 0 aliphatic rings. The lowest BCUT2D eigenvalue weighted by Crippen LogP contribution is -2.33. The molecule has 0 bridgehead atoms. The molecule has 0 atom stereocenters. The van der Waals surface area contributed by atoms with E-state index in [1.807, 2.05) is 0 Å². The topological polar surface area (TPSA) is 68.1 Å². The zero-order valence-corrected chi connectivity index (χ0v) is 12.4. The summed E-state index contributed by atoms with van der Waals surface area (Å²) in [4.78, 5) is 0. The van der Waals surface area contributed by atoms with Gasteiger partial charge in [-0.15, -0.1) is 5.10 Å². The Kier molecular flexibility index (Phi) is 4.45. The molecule has 1 heterocycles. The third-order valence-electron chi connectivity index (χ3n) is 2.12. The van der Waals surface area contributed by atoms with Crippen LogP contribution in [0, 0.1) is 0 Å². The Labute approximate surface area is 109 Å². The fraction of sp³-hybridized carbons (Fsp3) is 0.556. The highest BCUT2D eigenvalue weighted by Gasteiger charge is 2.29. The van der Waals surface area contributed by atoms with Crippen LogP contribution >= 0.6 is 15.9 Å². The number of aromatic nitrogens is 3. The van der Waals surface area contributed by atoms with Crippen LogP contribution in [-0.4, -0.2) is 40.8 Å². The number of sulfonamides is 1. The monoisotopic (exact) mass is 322 g/mol. The number of aryl methyl sites for hydroxylation is 1. The van der Waals surface area contributed by atoms with Crippen molar-refractivity contribution in [2.24, 2.45) is 7.05 Å². The molecule has 0 aromatic carbocycles. The minimum atomic E-state index is -3.60. The predicted molar refractivity (Wildman–Crippen MR) is 67.9 cm³/mol. The maximum atomic E-state index is 12.4. The average molecular weight is 323 g/mol. The molecule has 1 rings (SSSR count). The van der Waals surface area contributed by atoms with Gasteiger partial charge in [0.2, 0.25) is 5.03 Å². The van der Waals surface area contributed by atoms with Crippen molar-refractivity contribution in [1.29, 1.82) is 0 Å². The SMILES string of the molecule is C=C(C)CN(CC)S(=O)(=O)c1c(Br)nnn1C. The van der Waals surface area contributed by atoms with Crippen molar-refractivity contribution in [3.63, 3.8) is 0 Å². The van der Waals surface area contributed by atoms with Crippen LogP contribution in [0.3, 0.4) is 0 Å². The summed E-state index contributed by atoms with van der Waals surface area (Å²) < 4.78 is 27.5. The summed E-state index contributed by atoms with van der Waals surface area (Å²) >= 11 is 3.09. The number of hydrogen-bond acceptors (Lipinski definition) is 4. The van der Waals surface area contributed by atoms with E-state index in [4.69, 9.17) is 0 Å². The van der Waals surface area contributed by atoms with Gasteiger partial charge in [-0.1, -0.05) is 24.3 Å². The van der Waals surface area contributed by atoms with Crippen LogP contribution in [0.4, 0.5) is 0 Å². The molecule has 1 aromatic heterocycles. The molecule has 0 saturated heterocycles. The van der Waals surface area contributed by atoms with Gasteiger partial charge in [-0.05, 0) is 22.9 Å². The van der Waals surface area contributed by atoms with E-state index in [-0.39, 0.29) is 16.2 Å². The second-order valence-corrected chi connectivity index (χ2v) is 6.30. The number of halogens is 1. The summed E-state index contributed by atoms with van der Waals surface area (Å²) in [5.74, 6) is 0. The molecule has 0 unspecified atom stereocenters. The van der Waals surface area contributed by atoms with Crippen molar-refractivity contribution in [1.82, 2.24) is 19.3 Å². The molecule has 0 saturated carbocycles. The molecule has 0 aliphatic heterocycles. The van der Waals surface area contributed by atoms with Gasteiger partial charge in [0.25, 0.3) is 10.0 Å². The van der Waals surface area contributed by atoms with Crippen LogP contribution in [-0.2, 0) is 17.1 Å². The summed E-state index contributed by atoms with van der Waals surface area (Å²) in [5, 5.41) is 7.41. The highest BCUT2D eigenvalue weighted by Crippen LogP contribution is 2.22. The molecule has 6 nitrogen and oxygen atoms in total. The highest BCUT2D eigenvalue weighted by molar-refractivity contribution is 9.10. The lowest BCUT2D eigenvalue weighted by molar-refractivity contribution is 0.444. The Hall–Kier alpha value is -0.730. The summed E-state index contributed by atoms with van der Waals surface area (Å²) in [7, 11) is -2.06. The van der Waals surface area contributed by atoms with Crippen molar-refractivity contribution < 1.29 is 8.42 Å². The van der Waals surface area contributed by atoms with Crippen molar-refractivity contribution in [2.45, 2.75) is 18.9 Å². The van der Waals surface area contributed by atoms with Crippen LogP contribution in [0.1, 0.15) is 13.8 Å². The van der Waals surface area contributed by atoms with Gasteiger partial charge >= 0.3 is 0 Å². The van der Waals surface area contributed by atoms with Crippen LogP contribution in [0.5, 0.6) is 0 Å². The number of likely N-dealkylation sites (N-methyl/N-ethyl adjacent to an activating group) is 1. The fourth-order valence-corrected chi connectivity index (χ4v) is 3.93. The smallest absolute Gasteiger partial charge is 0.235 e. The Balaban J connectivity index is 3.22. The Morgan fingerprint density at radius 3 is 2.53 bits per heavy atom. The van der Waals surface area contributed by atoms with Crippen LogP contribution in [0.25, 0.3) is 0 Å². The predicted octanol–water partition coefficient (Wildman–Crippen LogP) is 1.16. The van der Waals surface area contributed by atoms with Gasteiger partial charge in [0, 0.05) is 20.1 Å². The maximum Gasteiger partial charge on any atom is 0.263 e. The second kappa shape index (κ2) is 5.28. The van der Waals surface area contributed by atoms with E-state index >= 15 is 0 Å². The zero-order chi connectivity index (χ0) is 13.2. The number of nitrogens with zero attached hydrogens (tertiary/aromatic N) is 4. The third kappa shape index (κ3) is 2.93. The lowest BCUT2D eigenvalue weighted by Gasteiger charge is -2.20. The molecule has 8 heteroatoms. The van der Waals surface area contributed by atoms with E-state index in [0.29, 0.717) is 6.54 Å². The first-order valence-corrected chi connectivity index (χ1v) is 7.23. The normalized spacial score (nSPS) is 12.1. The van der Waals surface area contributed by atoms with Gasteiger partial charge < -0.3 is 0 Å². The van der Waals surface area contributed by atoms with Gasteiger partial charge in [0.05, 0.1) is 0 Å². The molecule has 0 spiro atoms. The molecular formula is C9H15BrN4O2S. The van der Waals surface area contributed by atoms with Gasteiger partial charge in [-0.25, -0.2) is 13.1 Å². The molecule has 17 heavy (non-hydrogen) atoms. The molecule has 0 N–H and O–H groups in total. The Bertz CT molecular complexity index is 504. The van der Waals surface area contributed by atoms with Crippen LogP contribution in [0.2, 0.25) is 0 Å². The Morgan fingerprint density at radius 1 is 1.59 bits per heavy atom. The van der Waals surface area contributed by atoms with Gasteiger partial charge in [-0.3, -0.25) is 0 Å². The summed E-state index contributed by atoms with van der Waals surface area (Å²) in [6.07, 6.45) is 0. The standard InChI is InChI=1S/C9H15BrN4O2S/c1-5-14(6-7(2)3)17(15,16)9-8(10)11-12-13(9)4/h2,5-6H2,1,3-4H3. The second-order valence-electron chi connectivity index (χ2n) is 3.70. The first-order chi connectivity index (χ1) is 7.80. The van der Waals surface area contributed by atoms with Crippen molar-refractivity contribution in [3.8, 4) is 0 Å². The quantitative estimate of drug-likeness (QED) is 0.763. The molecule has 0 radical (unpaired) electrons. The first kappa shape index (κ1) is 14.3. The molecule has 0 amide bonds. The maximum absolute atomic E-state index is 12.4. The van der Waals surface area contributed by atoms with Crippen LogP contribution in [0.15, 0.2) is 21.8 Å². The molecule has 96 valence electrons. The lowest BCUT2D eigenvalue weighted by atomic mass is 10.3. The van der Waals surface area contributed by atoms with E-state index in [1.165, 1.54) is 8.99 Å². The third-order valence-corrected chi connectivity index (χ3v) is 4.93. The number of rotatable bonds is 5. The summed E-state index contributed by atoms with van der Waals surface area (Å²) in [5.41, 5.74) is 0.779. The van der Waals surface area contributed by atoms with E-state index in [1.54, 1.807) is 20.9 Å². The van der Waals surface area contributed by atoms with Crippen LogP contribution < -0.4 is 0 Å². The van der Waals surface area contributed by atoms with Crippen molar-refractivity contribution >= 4 is 26.0 Å². The minimum absolute atomic E-state index is 0.0561. The largest absolute Gasteiger partial charge is 0.263 e. The van der Waals surface area contributed by atoms with Gasteiger partial charge in [0.1, 0.15) is 0 Å². The van der Waals surface area contributed by atoms with Crippen molar-refractivity contribution in [3.05, 3.63) is 16.8 Å². The summed E-state index contributed by atoms with van der Waals surface area (Å²) in [6, 6.07) is 0. The average Bonchev–Trinajstić information content (AvgIpc) is 2.54. The summed E-state index contributed by atoms with van der Waals surface area (Å²) in [6.45, 7) is 7.95. The zero-order valence-electron chi connectivity index (χ0n) is 10.0. The Morgan fingerprint density at radius 2 is 2.18 bits per heavy atom. The van der Waals surface area contributed by atoms with Gasteiger partial charge in [0.15, 0.2) is 4.60 Å². The number of hydrogen-bond donors (Lipinski definition) is 0. The highest BCUT2D eigenvalue weighted by atomic mass is 79.9. The van der Waals surface area contributed by atoms with E-state index in [9.17, 15) is 8.42 Å². The van der Waals surface area contributed by atoms with Crippen molar-refractivity contribution in [2.75, 3.05) is 13.1 Å². The fourth-order valence-electron chi connectivity index (χ4n) is 1.39. The molecule has 0 fully saturated rings. The molecule has 1 aromatic rings. The molecule has 0 aliphatic carbocycles. The minimum Gasteiger partial charge on any atom is -0.235 e.